The molecule has 0 bridgehead atoms. The molecule has 0 fully saturated rings. The average Bonchev–Trinajstić information content (AvgIpc) is 2.80. The summed E-state index contributed by atoms with van der Waals surface area (Å²) in [5.74, 6) is 0. The van der Waals surface area contributed by atoms with E-state index in [9.17, 15) is 0 Å². The molecule has 108 valence electrons. The smallest absolute Gasteiger partial charge is 0.0761 e. The summed E-state index contributed by atoms with van der Waals surface area (Å²) in [6.45, 7) is 4.97. The molecule has 0 saturated heterocycles. The van der Waals surface area contributed by atoms with Crippen LogP contribution in [0.3, 0.4) is 0 Å². The van der Waals surface area contributed by atoms with Crippen molar-refractivity contribution in [3.05, 3.63) is 45.5 Å². The summed E-state index contributed by atoms with van der Waals surface area (Å²) in [4.78, 5) is 4.24. The first kappa shape index (κ1) is 15.3. The molecular weight excluding hydrogens is 295 g/mol. The quantitative estimate of drug-likeness (QED) is 0.920. The van der Waals surface area contributed by atoms with Crippen LogP contribution in [0.4, 0.5) is 0 Å². The third-order valence-electron chi connectivity index (χ3n) is 3.19. The Kier molecular flexibility index (Phi) is 5.02. The molecule has 2 N–H and O–H groups in total. The van der Waals surface area contributed by atoms with Gasteiger partial charge in [-0.25, -0.2) is 0 Å². The fourth-order valence-electron chi connectivity index (χ4n) is 2.15. The predicted octanol–water partition coefficient (Wildman–Crippen LogP) is 3.41. The number of aromatic nitrogens is 3. The number of rotatable bonds is 5. The van der Waals surface area contributed by atoms with Gasteiger partial charge in [0, 0.05) is 24.9 Å². The number of hydrogen-bond donors (Lipinski definition) is 1. The van der Waals surface area contributed by atoms with Crippen LogP contribution in [-0.4, -0.2) is 14.8 Å². The SMILES string of the molecule is CCc1cc(CC(N)c2ncc(Cl)cc2Cl)n(CC)n1. The Morgan fingerprint density at radius 2 is 2.05 bits per heavy atom. The molecular formula is C14H18Cl2N4. The van der Waals surface area contributed by atoms with Crippen LogP contribution in [0.2, 0.25) is 10.0 Å². The Morgan fingerprint density at radius 3 is 2.65 bits per heavy atom. The second kappa shape index (κ2) is 6.57. The molecule has 2 heterocycles. The van der Waals surface area contributed by atoms with Crippen molar-refractivity contribution in [2.24, 2.45) is 5.73 Å². The van der Waals surface area contributed by atoms with Crippen LogP contribution in [0, 0.1) is 0 Å². The standard InChI is InChI=1S/C14H18Cl2N4/c1-3-10-6-11(20(4-2)19-10)7-13(17)14-12(16)5-9(15)8-18-14/h5-6,8,13H,3-4,7,17H2,1-2H3. The minimum Gasteiger partial charge on any atom is -0.322 e. The molecule has 0 aliphatic heterocycles. The first-order valence-corrected chi connectivity index (χ1v) is 7.42. The van der Waals surface area contributed by atoms with Crippen molar-refractivity contribution in [3.63, 3.8) is 0 Å². The van der Waals surface area contributed by atoms with Crippen LogP contribution < -0.4 is 5.73 Å². The molecule has 0 spiro atoms. The summed E-state index contributed by atoms with van der Waals surface area (Å²) in [5.41, 5.74) is 9.06. The van der Waals surface area contributed by atoms with Gasteiger partial charge in [-0.2, -0.15) is 5.10 Å². The monoisotopic (exact) mass is 312 g/mol. The molecule has 2 aromatic heterocycles. The van der Waals surface area contributed by atoms with E-state index in [0.717, 1.165) is 24.4 Å². The Hall–Kier alpha value is -1.10. The molecule has 0 aliphatic carbocycles. The van der Waals surface area contributed by atoms with E-state index in [4.69, 9.17) is 28.9 Å². The van der Waals surface area contributed by atoms with E-state index in [2.05, 4.69) is 30.0 Å². The molecule has 0 amide bonds. The number of aryl methyl sites for hydroxylation is 2. The minimum atomic E-state index is -0.272. The molecule has 20 heavy (non-hydrogen) atoms. The van der Waals surface area contributed by atoms with Crippen LogP contribution in [0.5, 0.6) is 0 Å². The minimum absolute atomic E-state index is 0.272. The van der Waals surface area contributed by atoms with Gasteiger partial charge < -0.3 is 5.73 Å². The van der Waals surface area contributed by atoms with Gasteiger partial charge in [0.05, 0.1) is 27.5 Å². The van der Waals surface area contributed by atoms with E-state index >= 15 is 0 Å². The summed E-state index contributed by atoms with van der Waals surface area (Å²) in [5, 5.41) is 5.53. The predicted molar refractivity (Wildman–Crippen MR) is 82.2 cm³/mol. The molecule has 6 heteroatoms. The van der Waals surface area contributed by atoms with Gasteiger partial charge in [0.15, 0.2) is 0 Å². The highest BCUT2D eigenvalue weighted by molar-refractivity contribution is 6.34. The van der Waals surface area contributed by atoms with Crippen LogP contribution >= 0.6 is 23.2 Å². The van der Waals surface area contributed by atoms with Gasteiger partial charge in [-0.3, -0.25) is 9.67 Å². The topological polar surface area (TPSA) is 56.7 Å². The molecule has 0 aromatic carbocycles. The van der Waals surface area contributed by atoms with Gasteiger partial charge in [-0.05, 0) is 25.5 Å². The van der Waals surface area contributed by atoms with Crippen molar-refractivity contribution in [3.8, 4) is 0 Å². The maximum atomic E-state index is 6.22. The van der Waals surface area contributed by atoms with Crippen molar-refractivity contribution < 1.29 is 0 Å². The summed E-state index contributed by atoms with van der Waals surface area (Å²) in [6.07, 6.45) is 3.13. The Morgan fingerprint density at radius 1 is 1.30 bits per heavy atom. The summed E-state index contributed by atoms with van der Waals surface area (Å²) < 4.78 is 1.97. The number of nitrogens with zero attached hydrogens (tertiary/aromatic N) is 3. The lowest BCUT2D eigenvalue weighted by atomic mass is 10.1. The summed E-state index contributed by atoms with van der Waals surface area (Å²) >= 11 is 12.0. The van der Waals surface area contributed by atoms with Gasteiger partial charge in [0.1, 0.15) is 0 Å². The molecule has 0 saturated carbocycles. The van der Waals surface area contributed by atoms with Crippen LogP contribution in [-0.2, 0) is 19.4 Å². The first-order chi connectivity index (χ1) is 9.55. The molecule has 1 unspecified atom stereocenters. The van der Waals surface area contributed by atoms with Crippen LogP contribution in [0.1, 0.15) is 37.0 Å². The van der Waals surface area contributed by atoms with Gasteiger partial charge >= 0.3 is 0 Å². The van der Waals surface area contributed by atoms with Gasteiger partial charge in [0.25, 0.3) is 0 Å². The van der Waals surface area contributed by atoms with Crippen molar-refractivity contribution in [2.75, 3.05) is 0 Å². The zero-order valence-corrected chi connectivity index (χ0v) is 13.1. The second-order valence-electron chi connectivity index (χ2n) is 4.63. The van der Waals surface area contributed by atoms with Crippen molar-refractivity contribution in [2.45, 2.75) is 39.3 Å². The first-order valence-electron chi connectivity index (χ1n) is 6.67. The molecule has 0 aliphatic rings. The largest absolute Gasteiger partial charge is 0.322 e. The Balaban J connectivity index is 2.22. The van der Waals surface area contributed by atoms with Crippen LogP contribution in [0.25, 0.3) is 0 Å². The van der Waals surface area contributed by atoms with Gasteiger partial charge in [-0.1, -0.05) is 30.1 Å². The highest BCUT2D eigenvalue weighted by atomic mass is 35.5. The lowest BCUT2D eigenvalue weighted by Gasteiger charge is -2.13. The van der Waals surface area contributed by atoms with E-state index < -0.39 is 0 Å². The third kappa shape index (κ3) is 3.32. The molecule has 2 rings (SSSR count). The maximum Gasteiger partial charge on any atom is 0.0761 e. The van der Waals surface area contributed by atoms with Gasteiger partial charge in [-0.15, -0.1) is 0 Å². The fourth-order valence-corrected chi connectivity index (χ4v) is 2.67. The van der Waals surface area contributed by atoms with Crippen molar-refractivity contribution in [1.29, 1.82) is 0 Å². The molecule has 4 nitrogen and oxygen atoms in total. The number of pyridine rings is 1. The van der Waals surface area contributed by atoms with Crippen molar-refractivity contribution >= 4 is 23.2 Å². The average molecular weight is 313 g/mol. The maximum absolute atomic E-state index is 6.22. The van der Waals surface area contributed by atoms with E-state index in [0.29, 0.717) is 22.2 Å². The zero-order chi connectivity index (χ0) is 14.7. The third-order valence-corrected chi connectivity index (χ3v) is 3.70. The zero-order valence-electron chi connectivity index (χ0n) is 11.6. The second-order valence-corrected chi connectivity index (χ2v) is 5.47. The van der Waals surface area contributed by atoms with Crippen molar-refractivity contribution in [1.82, 2.24) is 14.8 Å². The fraction of sp³-hybridized carbons (Fsp3) is 0.429. The number of hydrogen-bond acceptors (Lipinski definition) is 3. The van der Waals surface area contributed by atoms with E-state index in [1.807, 2.05) is 4.68 Å². The highest BCUT2D eigenvalue weighted by Crippen LogP contribution is 2.25. The summed E-state index contributed by atoms with van der Waals surface area (Å²) in [7, 11) is 0. The lowest BCUT2D eigenvalue weighted by Crippen LogP contribution is -2.17. The number of nitrogens with two attached hydrogens (primary N) is 1. The Labute approximate surface area is 128 Å². The highest BCUT2D eigenvalue weighted by Gasteiger charge is 2.16. The van der Waals surface area contributed by atoms with Crippen LogP contribution in [0.15, 0.2) is 18.3 Å². The molecule has 1 atom stereocenters. The van der Waals surface area contributed by atoms with Gasteiger partial charge in [0.2, 0.25) is 0 Å². The lowest BCUT2D eigenvalue weighted by molar-refractivity contribution is 0.580. The molecule has 0 radical (unpaired) electrons. The number of halogens is 2. The van der Waals surface area contributed by atoms with E-state index in [1.54, 1.807) is 12.3 Å². The summed E-state index contributed by atoms with van der Waals surface area (Å²) in [6, 6.07) is 3.49. The van der Waals surface area contributed by atoms with E-state index in [-0.39, 0.29) is 6.04 Å². The van der Waals surface area contributed by atoms with E-state index in [1.165, 1.54) is 0 Å². The normalized spacial score (nSPS) is 12.7. The molecule has 2 aromatic rings. The Bertz CT molecular complexity index is 595.